The fourth-order valence-corrected chi connectivity index (χ4v) is 3.91. The third-order valence-corrected chi connectivity index (χ3v) is 5.23. The number of rotatable bonds is 6. The van der Waals surface area contributed by atoms with Crippen molar-refractivity contribution in [3.8, 4) is 0 Å². The molecule has 0 unspecified atom stereocenters. The lowest BCUT2D eigenvalue weighted by Gasteiger charge is -2.43. The second-order valence-electron chi connectivity index (χ2n) is 6.72. The Hall–Kier alpha value is -1.40. The van der Waals surface area contributed by atoms with E-state index in [1.54, 1.807) is 0 Å². The first-order valence-electron chi connectivity index (χ1n) is 8.84. The fourth-order valence-electron chi connectivity index (χ4n) is 3.91. The molecule has 3 rings (SSSR count). The van der Waals surface area contributed by atoms with Gasteiger partial charge < -0.3 is 10.1 Å². The van der Waals surface area contributed by atoms with Crippen molar-refractivity contribution in [2.45, 2.75) is 57.5 Å². The molecule has 1 aromatic heterocycles. The smallest absolute Gasteiger partial charge is 0.222 e. The molecule has 2 heterocycles. The topological polar surface area (TPSA) is 70.2 Å². The Kier molecular flexibility index (Phi) is 5.33. The quantitative estimate of drug-likeness (QED) is 0.836. The number of nitrogens with zero attached hydrogens (tertiary/aromatic N) is 2. The summed E-state index contributed by atoms with van der Waals surface area (Å²) in [5, 5.41) is 10.3. The number of hydrogen-bond acceptors (Lipinski definition) is 4. The number of nitrogens with one attached hydrogen (secondary N) is 2. The number of morpholine rings is 1. The van der Waals surface area contributed by atoms with Crippen LogP contribution in [0.1, 0.15) is 50.4 Å². The van der Waals surface area contributed by atoms with Gasteiger partial charge in [-0.25, -0.2) is 0 Å². The predicted molar refractivity (Wildman–Crippen MR) is 88.0 cm³/mol. The number of carbonyl (C=O) groups excluding carboxylic acids is 1. The van der Waals surface area contributed by atoms with E-state index in [1.807, 2.05) is 6.07 Å². The highest BCUT2D eigenvalue weighted by Crippen LogP contribution is 2.38. The Morgan fingerprint density at radius 1 is 1.39 bits per heavy atom. The van der Waals surface area contributed by atoms with Crippen molar-refractivity contribution in [3.63, 3.8) is 0 Å². The van der Waals surface area contributed by atoms with Crippen molar-refractivity contribution >= 4 is 5.91 Å². The van der Waals surface area contributed by atoms with Crippen LogP contribution in [0.15, 0.2) is 6.07 Å². The second-order valence-corrected chi connectivity index (χ2v) is 6.72. The molecule has 2 fully saturated rings. The highest BCUT2D eigenvalue weighted by atomic mass is 16.5. The Morgan fingerprint density at radius 2 is 2.13 bits per heavy atom. The van der Waals surface area contributed by atoms with Crippen molar-refractivity contribution in [3.05, 3.63) is 17.5 Å². The lowest BCUT2D eigenvalue weighted by Crippen LogP contribution is -2.53. The Bertz CT molecular complexity index is 516. The molecule has 1 saturated carbocycles. The largest absolute Gasteiger partial charge is 0.379 e. The molecule has 6 nitrogen and oxygen atoms in total. The summed E-state index contributed by atoms with van der Waals surface area (Å²) in [5.41, 5.74) is 2.06. The third-order valence-electron chi connectivity index (χ3n) is 5.23. The predicted octanol–water partition coefficient (Wildman–Crippen LogP) is 1.62. The van der Waals surface area contributed by atoms with Crippen molar-refractivity contribution in [1.82, 2.24) is 20.4 Å². The van der Waals surface area contributed by atoms with E-state index in [4.69, 9.17) is 4.74 Å². The van der Waals surface area contributed by atoms with Gasteiger partial charge in [-0.05, 0) is 25.3 Å². The van der Waals surface area contributed by atoms with Crippen LogP contribution >= 0.6 is 0 Å². The van der Waals surface area contributed by atoms with Crippen molar-refractivity contribution in [2.24, 2.45) is 0 Å². The Labute approximate surface area is 138 Å². The summed E-state index contributed by atoms with van der Waals surface area (Å²) in [4.78, 5) is 15.0. The molecule has 1 aliphatic heterocycles. The minimum atomic E-state index is 0.0520. The average Bonchev–Trinajstić information content (AvgIpc) is 3.23. The Balaban J connectivity index is 1.55. The number of aromatic amines is 1. The maximum atomic E-state index is 12.5. The minimum absolute atomic E-state index is 0.0520. The summed E-state index contributed by atoms with van der Waals surface area (Å²) in [6.45, 7) is 6.09. The monoisotopic (exact) mass is 320 g/mol. The first-order valence-corrected chi connectivity index (χ1v) is 8.84. The average molecular weight is 320 g/mol. The number of H-pyrrole nitrogens is 1. The first-order chi connectivity index (χ1) is 11.2. The van der Waals surface area contributed by atoms with E-state index in [2.05, 4.69) is 27.3 Å². The maximum Gasteiger partial charge on any atom is 0.222 e. The van der Waals surface area contributed by atoms with E-state index in [1.165, 1.54) is 12.8 Å². The van der Waals surface area contributed by atoms with Crippen molar-refractivity contribution in [2.75, 3.05) is 26.3 Å². The Morgan fingerprint density at radius 3 is 2.78 bits per heavy atom. The molecule has 6 heteroatoms. The molecular weight excluding hydrogens is 292 g/mol. The standard InChI is InChI=1S/C17H28N4O2/c1-2-14-11-15(20-19-14)13-18-16(22)12-17(5-3-4-6-17)21-7-9-23-10-8-21/h11H,2-10,12-13H2,1H3,(H,18,22)(H,19,20). The van der Waals surface area contributed by atoms with E-state index < -0.39 is 0 Å². The van der Waals surface area contributed by atoms with Gasteiger partial charge in [0, 0.05) is 25.0 Å². The van der Waals surface area contributed by atoms with Gasteiger partial charge in [-0.15, -0.1) is 0 Å². The number of ether oxygens (including phenoxy) is 1. The number of aromatic nitrogens is 2. The van der Waals surface area contributed by atoms with Gasteiger partial charge in [0.15, 0.2) is 0 Å². The summed E-state index contributed by atoms with van der Waals surface area (Å²) >= 11 is 0. The molecular formula is C17H28N4O2. The lowest BCUT2D eigenvalue weighted by atomic mass is 9.90. The molecule has 23 heavy (non-hydrogen) atoms. The highest BCUT2D eigenvalue weighted by molar-refractivity contribution is 5.77. The van der Waals surface area contributed by atoms with E-state index in [0.717, 1.165) is 57.0 Å². The molecule has 128 valence electrons. The SMILES string of the molecule is CCc1cc(CNC(=O)CC2(N3CCOCC3)CCCC2)[nH]n1. The van der Waals surface area contributed by atoms with Gasteiger partial charge in [0.2, 0.25) is 5.91 Å². The van der Waals surface area contributed by atoms with Crippen LogP contribution in [0.2, 0.25) is 0 Å². The first kappa shape index (κ1) is 16.5. The molecule has 2 N–H and O–H groups in total. The van der Waals surface area contributed by atoms with Gasteiger partial charge in [0.1, 0.15) is 0 Å². The van der Waals surface area contributed by atoms with E-state index in [9.17, 15) is 4.79 Å². The zero-order valence-corrected chi connectivity index (χ0v) is 14.1. The van der Waals surface area contributed by atoms with Crippen LogP contribution in [0.3, 0.4) is 0 Å². The van der Waals surface area contributed by atoms with Crippen LogP contribution in [-0.2, 0) is 22.5 Å². The summed E-state index contributed by atoms with van der Waals surface area (Å²) in [5.74, 6) is 0.144. The zero-order chi connectivity index (χ0) is 16.1. The van der Waals surface area contributed by atoms with E-state index >= 15 is 0 Å². The lowest BCUT2D eigenvalue weighted by molar-refractivity contribution is -0.125. The van der Waals surface area contributed by atoms with Gasteiger partial charge >= 0.3 is 0 Å². The molecule has 1 aliphatic carbocycles. The van der Waals surface area contributed by atoms with Crippen LogP contribution in [0.25, 0.3) is 0 Å². The maximum absolute atomic E-state index is 12.5. The van der Waals surface area contributed by atoms with E-state index in [-0.39, 0.29) is 11.4 Å². The van der Waals surface area contributed by atoms with Crippen molar-refractivity contribution < 1.29 is 9.53 Å². The van der Waals surface area contributed by atoms with Gasteiger partial charge in [-0.1, -0.05) is 19.8 Å². The fraction of sp³-hybridized carbons (Fsp3) is 0.765. The minimum Gasteiger partial charge on any atom is -0.379 e. The molecule has 1 aromatic rings. The highest BCUT2D eigenvalue weighted by Gasteiger charge is 2.41. The number of amides is 1. The molecule has 0 atom stereocenters. The number of carbonyl (C=O) groups is 1. The normalized spacial score (nSPS) is 21.4. The number of hydrogen-bond donors (Lipinski definition) is 2. The molecule has 0 radical (unpaired) electrons. The molecule has 0 bridgehead atoms. The van der Waals surface area contributed by atoms with Gasteiger partial charge in [0.25, 0.3) is 0 Å². The van der Waals surface area contributed by atoms with Gasteiger partial charge in [-0.3, -0.25) is 14.8 Å². The summed E-state index contributed by atoms with van der Waals surface area (Å²) in [7, 11) is 0. The van der Waals surface area contributed by atoms with E-state index in [0.29, 0.717) is 13.0 Å². The van der Waals surface area contributed by atoms with Crippen LogP contribution in [0.4, 0.5) is 0 Å². The number of aryl methyl sites for hydroxylation is 1. The second kappa shape index (κ2) is 7.45. The van der Waals surface area contributed by atoms with Gasteiger partial charge in [-0.2, -0.15) is 5.10 Å². The molecule has 0 aromatic carbocycles. The zero-order valence-electron chi connectivity index (χ0n) is 14.1. The molecule has 0 spiro atoms. The third kappa shape index (κ3) is 3.93. The van der Waals surface area contributed by atoms with Crippen LogP contribution < -0.4 is 5.32 Å². The van der Waals surface area contributed by atoms with Gasteiger partial charge in [0.05, 0.1) is 31.1 Å². The molecule has 1 saturated heterocycles. The van der Waals surface area contributed by atoms with Crippen LogP contribution in [0, 0.1) is 0 Å². The molecule has 1 amide bonds. The molecule has 2 aliphatic rings. The van der Waals surface area contributed by atoms with Crippen LogP contribution in [0.5, 0.6) is 0 Å². The summed E-state index contributed by atoms with van der Waals surface area (Å²) in [6, 6.07) is 2.02. The summed E-state index contributed by atoms with van der Waals surface area (Å²) in [6.07, 6.45) is 6.22. The van der Waals surface area contributed by atoms with Crippen molar-refractivity contribution in [1.29, 1.82) is 0 Å². The van der Waals surface area contributed by atoms with Crippen LogP contribution in [-0.4, -0.2) is 52.8 Å². The summed E-state index contributed by atoms with van der Waals surface area (Å²) < 4.78 is 5.47.